The number of nitrogens with zero attached hydrogens (tertiary/aromatic N) is 3. The van der Waals surface area contributed by atoms with Crippen LogP contribution in [0.2, 0.25) is 5.02 Å². The standard InChI is InChI=1S/C18H20ClN3O2S/c1-21(2)17(23)13-7-9-22(10-8-13)18(24)15-11-25-16(20-15)12-3-5-14(19)6-4-12/h3-6,11,13H,7-10H2,1-2H3. The fourth-order valence-corrected chi connectivity index (χ4v) is 3.88. The van der Waals surface area contributed by atoms with Gasteiger partial charge in [-0.15, -0.1) is 11.3 Å². The van der Waals surface area contributed by atoms with Crippen LogP contribution in [0.4, 0.5) is 0 Å². The Morgan fingerprint density at radius 3 is 2.44 bits per heavy atom. The zero-order valence-electron chi connectivity index (χ0n) is 14.2. The summed E-state index contributed by atoms with van der Waals surface area (Å²) in [5.41, 5.74) is 1.41. The summed E-state index contributed by atoms with van der Waals surface area (Å²) in [5.74, 6) is 0.0945. The van der Waals surface area contributed by atoms with Crippen molar-refractivity contribution >= 4 is 34.8 Å². The second-order valence-electron chi connectivity index (χ2n) is 6.34. The van der Waals surface area contributed by atoms with E-state index in [1.54, 1.807) is 29.3 Å². The predicted octanol–water partition coefficient (Wildman–Crippen LogP) is 3.40. The molecule has 0 radical (unpaired) electrons. The lowest BCUT2D eigenvalue weighted by Gasteiger charge is -2.32. The van der Waals surface area contributed by atoms with Crippen molar-refractivity contribution in [3.63, 3.8) is 0 Å². The number of amides is 2. The van der Waals surface area contributed by atoms with Crippen LogP contribution in [-0.4, -0.2) is 53.8 Å². The first kappa shape index (κ1) is 17.9. The molecule has 2 aromatic rings. The number of aromatic nitrogens is 1. The van der Waals surface area contributed by atoms with E-state index >= 15 is 0 Å². The molecule has 1 aliphatic heterocycles. The summed E-state index contributed by atoms with van der Waals surface area (Å²) in [4.78, 5) is 32.6. The number of thiazole rings is 1. The van der Waals surface area contributed by atoms with Crippen LogP contribution in [0.5, 0.6) is 0 Å². The SMILES string of the molecule is CN(C)C(=O)C1CCN(C(=O)c2csc(-c3ccc(Cl)cc3)n2)CC1. The van der Waals surface area contributed by atoms with E-state index in [9.17, 15) is 9.59 Å². The first-order chi connectivity index (χ1) is 12.0. The van der Waals surface area contributed by atoms with Crippen molar-refractivity contribution in [2.45, 2.75) is 12.8 Å². The second-order valence-corrected chi connectivity index (χ2v) is 7.64. The van der Waals surface area contributed by atoms with E-state index in [0.717, 1.165) is 10.6 Å². The van der Waals surface area contributed by atoms with E-state index in [4.69, 9.17) is 11.6 Å². The number of piperidine rings is 1. The Morgan fingerprint density at radius 1 is 1.20 bits per heavy atom. The average Bonchev–Trinajstić information content (AvgIpc) is 3.11. The van der Waals surface area contributed by atoms with E-state index in [0.29, 0.717) is 36.6 Å². The topological polar surface area (TPSA) is 53.5 Å². The highest BCUT2D eigenvalue weighted by Crippen LogP contribution is 2.26. The molecule has 7 heteroatoms. The van der Waals surface area contributed by atoms with Crippen molar-refractivity contribution in [3.8, 4) is 10.6 Å². The Morgan fingerprint density at radius 2 is 1.84 bits per heavy atom. The third kappa shape index (κ3) is 4.02. The summed E-state index contributed by atoms with van der Waals surface area (Å²) >= 11 is 7.35. The van der Waals surface area contributed by atoms with Crippen molar-refractivity contribution in [3.05, 3.63) is 40.4 Å². The molecule has 3 rings (SSSR count). The van der Waals surface area contributed by atoms with Crippen molar-refractivity contribution in [2.75, 3.05) is 27.2 Å². The summed E-state index contributed by atoms with van der Waals surface area (Å²) in [6, 6.07) is 7.42. The zero-order valence-corrected chi connectivity index (χ0v) is 15.8. The van der Waals surface area contributed by atoms with Crippen LogP contribution < -0.4 is 0 Å². The summed E-state index contributed by atoms with van der Waals surface area (Å²) in [6.45, 7) is 1.19. The number of halogens is 1. The molecule has 2 amide bonds. The highest BCUT2D eigenvalue weighted by molar-refractivity contribution is 7.13. The smallest absolute Gasteiger partial charge is 0.273 e. The van der Waals surface area contributed by atoms with Crippen LogP contribution in [0, 0.1) is 5.92 Å². The van der Waals surface area contributed by atoms with Gasteiger partial charge in [0.2, 0.25) is 5.91 Å². The third-order valence-electron chi connectivity index (χ3n) is 4.39. The molecule has 1 saturated heterocycles. The summed E-state index contributed by atoms with van der Waals surface area (Å²) in [5, 5.41) is 3.27. The molecule has 1 aliphatic rings. The maximum Gasteiger partial charge on any atom is 0.273 e. The van der Waals surface area contributed by atoms with Gasteiger partial charge in [0, 0.05) is 49.1 Å². The number of carbonyl (C=O) groups excluding carboxylic acids is 2. The first-order valence-electron chi connectivity index (χ1n) is 8.17. The van der Waals surface area contributed by atoms with Gasteiger partial charge < -0.3 is 9.80 Å². The van der Waals surface area contributed by atoms with Crippen molar-refractivity contribution in [2.24, 2.45) is 5.92 Å². The Bertz CT molecular complexity index is 765. The molecule has 0 spiro atoms. The van der Waals surface area contributed by atoms with Crippen molar-refractivity contribution in [1.82, 2.24) is 14.8 Å². The highest BCUT2D eigenvalue weighted by atomic mass is 35.5. The van der Waals surface area contributed by atoms with E-state index in [-0.39, 0.29) is 17.7 Å². The van der Waals surface area contributed by atoms with Gasteiger partial charge in [-0.3, -0.25) is 9.59 Å². The maximum absolute atomic E-state index is 12.7. The first-order valence-corrected chi connectivity index (χ1v) is 9.43. The molecule has 25 heavy (non-hydrogen) atoms. The van der Waals surface area contributed by atoms with Crippen LogP contribution in [0.25, 0.3) is 10.6 Å². The molecule has 0 atom stereocenters. The number of rotatable bonds is 3. The molecule has 0 N–H and O–H groups in total. The van der Waals surface area contributed by atoms with E-state index in [1.165, 1.54) is 11.3 Å². The van der Waals surface area contributed by atoms with Crippen LogP contribution in [-0.2, 0) is 4.79 Å². The lowest BCUT2D eigenvalue weighted by molar-refractivity contribution is -0.134. The van der Waals surface area contributed by atoms with Crippen LogP contribution >= 0.6 is 22.9 Å². The number of benzene rings is 1. The third-order valence-corrected chi connectivity index (χ3v) is 5.53. The van der Waals surface area contributed by atoms with Gasteiger partial charge in [0.15, 0.2) is 0 Å². The quantitative estimate of drug-likeness (QED) is 0.823. The Hall–Kier alpha value is -1.92. The fourth-order valence-electron chi connectivity index (χ4n) is 2.95. The van der Waals surface area contributed by atoms with Gasteiger partial charge in [-0.05, 0) is 25.0 Å². The Kier molecular flexibility index (Phi) is 5.39. The second kappa shape index (κ2) is 7.54. The molecule has 0 saturated carbocycles. The molecular formula is C18H20ClN3O2S. The normalized spacial score (nSPS) is 15.2. The van der Waals surface area contributed by atoms with Gasteiger partial charge in [-0.25, -0.2) is 4.98 Å². The lowest BCUT2D eigenvalue weighted by atomic mass is 9.95. The van der Waals surface area contributed by atoms with Gasteiger partial charge in [0.1, 0.15) is 10.7 Å². The molecule has 1 aromatic carbocycles. The minimum Gasteiger partial charge on any atom is -0.349 e. The fraction of sp³-hybridized carbons (Fsp3) is 0.389. The number of hydrogen-bond donors (Lipinski definition) is 0. The minimum atomic E-state index is -0.0628. The average molecular weight is 378 g/mol. The number of carbonyl (C=O) groups is 2. The Labute approximate surface area is 156 Å². The maximum atomic E-state index is 12.7. The van der Waals surface area contributed by atoms with E-state index in [1.807, 2.05) is 24.3 Å². The molecule has 0 aliphatic carbocycles. The monoisotopic (exact) mass is 377 g/mol. The van der Waals surface area contributed by atoms with Gasteiger partial charge >= 0.3 is 0 Å². The zero-order chi connectivity index (χ0) is 18.0. The summed E-state index contributed by atoms with van der Waals surface area (Å²) < 4.78 is 0. The minimum absolute atomic E-state index is 0.0131. The molecular weight excluding hydrogens is 358 g/mol. The molecule has 0 bridgehead atoms. The van der Waals surface area contributed by atoms with Gasteiger partial charge in [-0.1, -0.05) is 23.7 Å². The highest BCUT2D eigenvalue weighted by Gasteiger charge is 2.29. The largest absolute Gasteiger partial charge is 0.349 e. The number of hydrogen-bond acceptors (Lipinski definition) is 4. The molecule has 1 fully saturated rings. The van der Waals surface area contributed by atoms with E-state index in [2.05, 4.69) is 4.98 Å². The van der Waals surface area contributed by atoms with Crippen LogP contribution in [0.1, 0.15) is 23.3 Å². The van der Waals surface area contributed by atoms with Crippen LogP contribution in [0.15, 0.2) is 29.6 Å². The Balaban J connectivity index is 1.65. The van der Waals surface area contributed by atoms with Crippen LogP contribution in [0.3, 0.4) is 0 Å². The summed E-state index contributed by atoms with van der Waals surface area (Å²) in [7, 11) is 3.54. The summed E-state index contributed by atoms with van der Waals surface area (Å²) in [6.07, 6.45) is 1.41. The molecule has 5 nitrogen and oxygen atoms in total. The number of likely N-dealkylation sites (tertiary alicyclic amines) is 1. The molecule has 132 valence electrons. The predicted molar refractivity (Wildman–Crippen MR) is 99.9 cm³/mol. The van der Waals surface area contributed by atoms with Gasteiger partial charge in [0.05, 0.1) is 0 Å². The molecule has 0 unspecified atom stereocenters. The van der Waals surface area contributed by atoms with Crippen molar-refractivity contribution < 1.29 is 9.59 Å². The van der Waals surface area contributed by atoms with Gasteiger partial charge in [0.25, 0.3) is 5.91 Å². The van der Waals surface area contributed by atoms with Crippen molar-refractivity contribution in [1.29, 1.82) is 0 Å². The lowest BCUT2D eigenvalue weighted by Crippen LogP contribution is -2.42. The molecule has 2 heterocycles. The van der Waals surface area contributed by atoms with E-state index < -0.39 is 0 Å². The molecule has 1 aromatic heterocycles. The van der Waals surface area contributed by atoms with Gasteiger partial charge in [-0.2, -0.15) is 0 Å².